The number of anilines is 1. The van der Waals surface area contributed by atoms with Gasteiger partial charge in [-0.1, -0.05) is 72.8 Å². The normalized spacial score (nSPS) is 11.6. The van der Waals surface area contributed by atoms with Gasteiger partial charge in [-0.3, -0.25) is 4.79 Å². The number of aliphatic hydroxyl groups excluding tert-OH is 1. The van der Waals surface area contributed by atoms with Gasteiger partial charge in [-0.05, 0) is 23.3 Å². The minimum absolute atomic E-state index is 0.0769. The second kappa shape index (κ2) is 10.8. The van der Waals surface area contributed by atoms with Crippen LogP contribution in [0.25, 0.3) is 11.3 Å². The summed E-state index contributed by atoms with van der Waals surface area (Å²) in [6, 6.07) is 25.8. The summed E-state index contributed by atoms with van der Waals surface area (Å²) in [6.45, 7) is 0.703. The first-order chi connectivity index (χ1) is 16.9. The zero-order chi connectivity index (χ0) is 24.8. The fourth-order valence-electron chi connectivity index (χ4n) is 3.81. The summed E-state index contributed by atoms with van der Waals surface area (Å²) in [5.41, 5.74) is 3.43. The van der Waals surface area contributed by atoms with Crippen LogP contribution >= 0.6 is 0 Å². The van der Waals surface area contributed by atoms with Crippen LogP contribution in [0.2, 0.25) is 0 Å². The molecule has 0 aliphatic rings. The van der Waals surface area contributed by atoms with Crippen LogP contribution in [0.3, 0.4) is 0 Å². The molecule has 0 saturated carbocycles. The number of nitrogens with zero attached hydrogens (tertiary/aromatic N) is 4. The molecule has 2 N–H and O–H groups in total. The molecule has 7 heteroatoms. The van der Waals surface area contributed by atoms with Gasteiger partial charge in [-0.15, -0.1) is 0 Å². The number of aliphatic hydroxyl groups is 1. The van der Waals surface area contributed by atoms with Crippen molar-refractivity contribution in [2.24, 2.45) is 0 Å². The molecule has 0 spiro atoms. The molecule has 35 heavy (non-hydrogen) atoms. The number of hydrogen-bond acceptors (Lipinski definition) is 6. The average molecular weight is 469 g/mol. The third kappa shape index (κ3) is 5.83. The Balaban J connectivity index is 1.60. The lowest BCUT2D eigenvalue weighted by Gasteiger charge is -2.23. The molecule has 0 fully saturated rings. The van der Waals surface area contributed by atoms with Crippen LogP contribution in [0.4, 0.5) is 5.95 Å². The predicted molar refractivity (Wildman–Crippen MR) is 136 cm³/mol. The maximum Gasteiger partial charge on any atom is 0.257 e. The van der Waals surface area contributed by atoms with Crippen LogP contribution in [0, 0.1) is 0 Å². The van der Waals surface area contributed by atoms with Crippen molar-refractivity contribution in [2.75, 3.05) is 25.5 Å². The van der Waals surface area contributed by atoms with Crippen molar-refractivity contribution in [1.82, 2.24) is 14.9 Å². The van der Waals surface area contributed by atoms with Crippen molar-refractivity contribution < 1.29 is 15.0 Å². The van der Waals surface area contributed by atoms with Gasteiger partial charge in [-0.2, -0.15) is 0 Å². The first kappa shape index (κ1) is 23.9. The summed E-state index contributed by atoms with van der Waals surface area (Å²) in [4.78, 5) is 26.1. The van der Waals surface area contributed by atoms with Gasteiger partial charge >= 0.3 is 0 Å². The molecule has 0 aliphatic carbocycles. The molecule has 0 aliphatic heterocycles. The topological polar surface area (TPSA) is 89.8 Å². The average Bonchev–Trinajstić information content (AvgIpc) is 2.89. The van der Waals surface area contributed by atoms with E-state index in [0.29, 0.717) is 29.3 Å². The van der Waals surface area contributed by atoms with Gasteiger partial charge in [0.05, 0.1) is 23.9 Å². The SMILES string of the molecule is CN(CC(O)c1ccc(O)cc1)C(=O)c1cnc(N(C)Cc2ccccc2)nc1-c1ccccc1. The van der Waals surface area contributed by atoms with E-state index >= 15 is 0 Å². The Hall–Kier alpha value is -4.23. The van der Waals surface area contributed by atoms with Crippen molar-refractivity contribution in [3.63, 3.8) is 0 Å². The van der Waals surface area contributed by atoms with Crippen molar-refractivity contribution in [3.8, 4) is 17.0 Å². The molecule has 0 bridgehead atoms. The van der Waals surface area contributed by atoms with E-state index in [0.717, 1.165) is 11.1 Å². The number of amides is 1. The van der Waals surface area contributed by atoms with E-state index in [9.17, 15) is 15.0 Å². The fourth-order valence-corrected chi connectivity index (χ4v) is 3.81. The van der Waals surface area contributed by atoms with Crippen LogP contribution in [-0.2, 0) is 6.54 Å². The number of carbonyl (C=O) groups excluding carboxylic acids is 1. The molecule has 1 unspecified atom stereocenters. The maximum absolute atomic E-state index is 13.4. The molecule has 7 nitrogen and oxygen atoms in total. The highest BCUT2D eigenvalue weighted by atomic mass is 16.3. The number of phenolic OH excluding ortho intramolecular Hbond substituents is 1. The van der Waals surface area contributed by atoms with Crippen LogP contribution in [-0.4, -0.2) is 51.6 Å². The van der Waals surface area contributed by atoms with Gasteiger partial charge in [0.1, 0.15) is 5.75 Å². The molecule has 1 heterocycles. The second-order valence-corrected chi connectivity index (χ2v) is 8.43. The van der Waals surface area contributed by atoms with E-state index in [1.54, 1.807) is 25.4 Å². The lowest BCUT2D eigenvalue weighted by atomic mass is 10.1. The molecule has 4 aromatic rings. The summed E-state index contributed by atoms with van der Waals surface area (Å²) >= 11 is 0. The third-order valence-corrected chi connectivity index (χ3v) is 5.73. The number of rotatable bonds is 8. The molecular weight excluding hydrogens is 440 g/mol. The third-order valence-electron chi connectivity index (χ3n) is 5.73. The summed E-state index contributed by atoms with van der Waals surface area (Å²) in [6.07, 6.45) is 0.653. The van der Waals surface area contributed by atoms with Gasteiger partial charge < -0.3 is 20.0 Å². The standard InChI is InChI=1S/C28H28N4O3/c1-31(19-25(34)21-13-15-23(33)16-14-21)27(35)24-17-29-28(30-26(24)22-11-7-4-8-12-22)32(2)18-20-9-5-3-6-10-20/h3-17,25,33-34H,18-19H2,1-2H3. The van der Waals surface area contributed by atoms with Crippen LogP contribution in [0.1, 0.15) is 27.6 Å². The Morgan fingerprint density at radius 1 is 0.914 bits per heavy atom. The van der Waals surface area contributed by atoms with Gasteiger partial charge in [0.25, 0.3) is 5.91 Å². The summed E-state index contributed by atoms with van der Waals surface area (Å²) in [5.74, 6) is 0.335. The molecule has 0 saturated heterocycles. The van der Waals surface area contributed by atoms with E-state index in [-0.39, 0.29) is 18.2 Å². The second-order valence-electron chi connectivity index (χ2n) is 8.43. The zero-order valence-electron chi connectivity index (χ0n) is 19.7. The number of benzene rings is 3. The van der Waals surface area contributed by atoms with E-state index in [1.807, 2.05) is 72.6 Å². The Bertz CT molecular complexity index is 1260. The molecule has 4 rings (SSSR count). The highest BCUT2D eigenvalue weighted by Gasteiger charge is 2.22. The lowest BCUT2D eigenvalue weighted by Crippen LogP contribution is -2.32. The molecular formula is C28H28N4O3. The van der Waals surface area contributed by atoms with Crippen molar-refractivity contribution in [1.29, 1.82) is 0 Å². The van der Waals surface area contributed by atoms with Crippen molar-refractivity contribution in [2.45, 2.75) is 12.6 Å². The van der Waals surface area contributed by atoms with Gasteiger partial charge in [-0.25, -0.2) is 9.97 Å². The first-order valence-electron chi connectivity index (χ1n) is 11.3. The molecule has 1 atom stereocenters. The van der Waals surface area contributed by atoms with Crippen LogP contribution in [0.5, 0.6) is 5.75 Å². The molecule has 1 aromatic heterocycles. The quantitative estimate of drug-likeness (QED) is 0.401. The smallest absolute Gasteiger partial charge is 0.257 e. The molecule has 3 aromatic carbocycles. The minimum Gasteiger partial charge on any atom is -0.508 e. The van der Waals surface area contributed by atoms with E-state index in [2.05, 4.69) is 4.98 Å². The van der Waals surface area contributed by atoms with E-state index in [1.165, 1.54) is 17.0 Å². The number of carbonyl (C=O) groups is 1. The van der Waals surface area contributed by atoms with E-state index in [4.69, 9.17) is 4.98 Å². The Kier molecular flexibility index (Phi) is 7.38. The molecule has 1 amide bonds. The van der Waals surface area contributed by atoms with Gasteiger partial charge in [0.15, 0.2) is 0 Å². The number of hydrogen-bond donors (Lipinski definition) is 2. The van der Waals surface area contributed by atoms with Crippen LogP contribution in [0.15, 0.2) is 91.1 Å². The molecule has 0 radical (unpaired) electrons. The Morgan fingerprint density at radius 3 is 2.20 bits per heavy atom. The monoisotopic (exact) mass is 468 g/mol. The Morgan fingerprint density at radius 2 is 1.54 bits per heavy atom. The minimum atomic E-state index is -0.901. The summed E-state index contributed by atoms with van der Waals surface area (Å²) < 4.78 is 0. The van der Waals surface area contributed by atoms with Gasteiger partial charge in [0, 0.05) is 32.4 Å². The summed E-state index contributed by atoms with van der Waals surface area (Å²) in [7, 11) is 3.55. The lowest BCUT2D eigenvalue weighted by molar-refractivity contribution is 0.0681. The highest BCUT2D eigenvalue weighted by Crippen LogP contribution is 2.26. The predicted octanol–water partition coefficient (Wildman–Crippen LogP) is 4.29. The Labute approximate surface area is 205 Å². The first-order valence-corrected chi connectivity index (χ1v) is 11.3. The maximum atomic E-state index is 13.4. The zero-order valence-corrected chi connectivity index (χ0v) is 19.7. The number of likely N-dealkylation sites (N-methyl/N-ethyl adjacent to an activating group) is 1. The largest absolute Gasteiger partial charge is 0.508 e. The van der Waals surface area contributed by atoms with Crippen molar-refractivity contribution in [3.05, 3.63) is 108 Å². The van der Waals surface area contributed by atoms with E-state index < -0.39 is 6.10 Å². The highest BCUT2D eigenvalue weighted by molar-refractivity contribution is 5.99. The fraction of sp³-hybridized carbons (Fsp3) is 0.179. The number of phenols is 1. The summed E-state index contributed by atoms with van der Waals surface area (Å²) in [5, 5.41) is 20.1. The van der Waals surface area contributed by atoms with Crippen molar-refractivity contribution >= 4 is 11.9 Å². The van der Waals surface area contributed by atoms with Crippen LogP contribution < -0.4 is 4.90 Å². The number of aromatic hydroxyl groups is 1. The van der Waals surface area contributed by atoms with Gasteiger partial charge in [0.2, 0.25) is 5.95 Å². The molecule has 178 valence electrons. The number of aromatic nitrogens is 2.